The number of carbonyl (C=O) groups excluding carboxylic acids is 1. The summed E-state index contributed by atoms with van der Waals surface area (Å²) in [6.45, 7) is 0.646. The van der Waals surface area contributed by atoms with Gasteiger partial charge in [0.05, 0.1) is 24.2 Å². The molecule has 106 valence electrons. The first-order chi connectivity index (χ1) is 9.81. The first-order valence-corrected chi connectivity index (χ1v) is 6.59. The number of fused-ring (bicyclic) bond motifs is 1. The van der Waals surface area contributed by atoms with Crippen molar-refractivity contribution in [3.8, 4) is 0 Å². The van der Waals surface area contributed by atoms with Gasteiger partial charge in [0.2, 0.25) is 0 Å². The predicted molar refractivity (Wildman–Crippen MR) is 72.7 cm³/mol. The van der Waals surface area contributed by atoms with E-state index in [-0.39, 0.29) is 18.8 Å². The zero-order valence-electron chi connectivity index (χ0n) is 10.9. The average Bonchev–Trinajstić information content (AvgIpc) is 3.11. The summed E-state index contributed by atoms with van der Waals surface area (Å²) in [5.41, 5.74) is 1.16. The number of aromatic nitrogens is 3. The predicted octanol–water partition coefficient (Wildman–Crippen LogP) is 0.722. The topological polar surface area (TPSA) is 100 Å². The van der Waals surface area contributed by atoms with Gasteiger partial charge in [0.25, 0.3) is 0 Å². The Morgan fingerprint density at radius 2 is 2.30 bits per heavy atom. The number of aliphatic hydroxyl groups excluding tert-OH is 1. The van der Waals surface area contributed by atoms with E-state index in [4.69, 9.17) is 9.84 Å². The molecule has 7 heteroatoms. The number of aldehydes is 1. The van der Waals surface area contributed by atoms with E-state index in [0.29, 0.717) is 29.0 Å². The molecule has 0 spiro atoms. The highest BCUT2D eigenvalue weighted by atomic mass is 16.5. The van der Waals surface area contributed by atoms with Crippen LogP contribution in [0.3, 0.4) is 0 Å². The van der Waals surface area contributed by atoms with Gasteiger partial charge >= 0.3 is 0 Å². The number of nitrogens with one attached hydrogen (secondary N) is 2. The van der Waals surface area contributed by atoms with Gasteiger partial charge in [0.15, 0.2) is 6.29 Å². The van der Waals surface area contributed by atoms with Crippen molar-refractivity contribution in [2.45, 2.75) is 25.0 Å². The zero-order valence-corrected chi connectivity index (χ0v) is 10.9. The van der Waals surface area contributed by atoms with Crippen LogP contribution < -0.4 is 5.32 Å². The molecule has 1 aliphatic rings. The van der Waals surface area contributed by atoms with Gasteiger partial charge in [0, 0.05) is 18.3 Å². The third-order valence-electron chi connectivity index (χ3n) is 3.52. The van der Waals surface area contributed by atoms with E-state index in [9.17, 15) is 4.79 Å². The van der Waals surface area contributed by atoms with Crippen molar-refractivity contribution in [1.82, 2.24) is 15.0 Å². The van der Waals surface area contributed by atoms with Crippen molar-refractivity contribution < 1.29 is 14.6 Å². The molecule has 3 rings (SSSR count). The second kappa shape index (κ2) is 5.56. The lowest BCUT2D eigenvalue weighted by atomic mass is 10.2. The Kier molecular flexibility index (Phi) is 3.62. The fourth-order valence-corrected chi connectivity index (χ4v) is 2.49. The van der Waals surface area contributed by atoms with Gasteiger partial charge in [-0.05, 0) is 12.8 Å². The maximum atomic E-state index is 11.0. The van der Waals surface area contributed by atoms with E-state index in [1.807, 2.05) is 0 Å². The van der Waals surface area contributed by atoms with Gasteiger partial charge in [-0.25, -0.2) is 9.97 Å². The molecule has 20 heavy (non-hydrogen) atoms. The molecule has 2 atom stereocenters. The molecule has 0 amide bonds. The second-order valence-corrected chi connectivity index (χ2v) is 4.83. The molecule has 0 aromatic carbocycles. The number of aliphatic hydroxyl groups is 1. The Hall–Kier alpha value is -1.99. The van der Waals surface area contributed by atoms with Crippen LogP contribution in [0.4, 0.5) is 5.82 Å². The minimum absolute atomic E-state index is 0.0517. The van der Waals surface area contributed by atoms with Crippen LogP contribution in [-0.2, 0) is 4.74 Å². The summed E-state index contributed by atoms with van der Waals surface area (Å²) < 4.78 is 5.65. The molecule has 0 saturated carbocycles. The van der Waals surface area contributed by atoms with E-state index in [1.165, 1.54) is 6.33 Å². The number of nitrogens with zero attached hydrogens (tertiary/aromatic N) is 2. The first kappa shape index (κ1) is 13.0. The molecule has 2 aromatic rings. The third kappa shape index (κ3) is 2.37. The summed E-state index contributed by atoms with van der Waals surface area (Å²) in [7, 11) is 0. The average molecular weight is 276 g/mol. The number of aromatic amines is 1. The zero-order chi connectivity index (χ0) is 13.9. The second-order valence-electron chi connectivity index (χ2n) is 4.83. The van der Waals surface area contributed by atoms with E-state index in [1.54, 1.807) is 6.20 Å². The lowest BCUT2D eigenvalue weighted by molar-refractivity contribution is 0.0174. The Balaban J connectivity index is 1.74. The summed E-state index contributed by atoms with van der Waals surface area (Å²) >= 11 is 0. The molecule has 3 N–H and O–H groups in total. The molecule has 0 unspecified atom stereocenters. The van der Waals surface area contributed by atoms with Crippen LogP contribution in [0.5, 0.6) is 0 Å². The van der Waals surface area contributed by atoms with Crippen molar-refractivity contribution in [3.05, 3.63) is 18.1 Å². The van der Waals surface area contributed by atoms with Crippen molar-refractivity contribution in [2.24, 2.45) is 0 Å². The van der Waals surface area contributed by atoms with Gasteiger partial charge < -0.3 is 20.1 Å². The summed E-state index contributed by atoms with van der Waals surface area (Å²) in [6, 6.07) is 0. The van der Waals surface area contributed by atoms with E-state index in [2.05, 4.69) is 20.3 Å². The number of hydrogen-bond acceptors (Lipinski definition) is 6. The Labute approximate surface area is 115 Å². The fraction of sp³-hybridized carbons (Fsp3) is 0.462. The molecule has 1 aliphatic heterocycles. The van der Waals surface area contributed by atoms with Crippen LogP contribution >= 0.6 is 0 Å². The van der Waals surface area contributed by atoms with Gasteiger partial charge in [-0.1, -0.05) is 0 Å². The van der Waals surface area contributed by atoms with Gasteiger partial charge in [-0.3, -0.25) is 4.79 Å². The number of ether oxygens (including phenoxy) is 1. The van der Waals surface area contributed by atoms with Crippen LogP contribution in [0.1, 0.15) is 23.2 Å². The quantitative estimate of drug-likeness (QED) is 0.696. The molecule has 2 aromatic heterocycles. The van der Waals surface area contributed by atoms with Gasteiger partial charge in [0.1, 0.15) is 17.8 Å². The van der Waals surface area contributed by atoms with Crippen molar-refractivity contribution >= 4 is 23.1 Å². The van der Waals surface area contributed by atoms with Crippen LogP contribution in [-0.4, -0.2) is 51.7 Å². The van der Waals surface area contributed by atoms with Crippen LogP contribution in [0, 0.1) is 0 Å². The standard InChI is InChI=1S/C13H16N4O3/c18-5-8-3-14-12-11(8)13(17-7-16-12)15-4-9-1-2-10(6-19)20-9/h3,5,7,9-10,19H,1-2,4,6H2,(H2,14,15,16,17)/t9-,10+/m1/s1. The van der Waals surface area contributed by atoms with Crippen molar-refractivity contribution in [1.29, 1.82) is 0 Å². The largest absolute Gasteiger partial charge is 0.394 e. The van der Waals surface area contributed by atoms with E-state index >= 15 is 0 Å². The Morgan fingerprint density at radius 1 is 1.45 bits per heavy atom. The van der Waals surface area contributed by atoms with Gasteiger partial charge in [-0.2, -0.15) is 0 Å². The Bertz CT molecular complexity index is 613. The molecule has 1 saturated heterocycles. The minimum atomic E-state index is -0.0648. The summed E-state index contributed by atoms with van der Waals surface area (Å²) in [5, 5.41) is 12.9. The fourth-order valence-electron chi connectivity index (χ4n) is 2.49. The van der Waals surface area contributed by atoms with Crippen molar-refractivity contribution in [3.63, 3.8) is 0 Å². The van der Waals surface area contributed by atoms with Crippen LogP contribution in [0.15, 0.2) is 12.5 Å². The minimum Gasteiger partial charge on any atom is -0.394 e. The van der Waals surface area contributed by atoms with Crippen LogP contribution in [0.2, 0.25) is 0 Å². The smallest absolute Gasteiger partial charge is 0.152 e. The lowest BCUT2D eigenvalue weighted by Crippen LogP contribution is -2.22. The lowest BCUT2D eigenvalue weighted by Gasteiger charge is -2.13. The number of anilines is 1. The molecule has 0 bridgehead atoms. The SMILES string of the molecule is O=Cc1c[nH]c2ncnc(NC[C@H]3CC[C@@H](CO)O3)c12. The Morgan fingerprint density at radius 3 is 3.05 bits per heavy atom. The monoisotopic (exact) mass is 276 g/mol. The summed E-state index contributed by atoms with van der Waals surface area (Å²) in [4.78, 5) is 22.2. The maximum Gasteiger partial charge on any atom is 0.152 e. The molecule has 3 heterocycles. The maximum absolute atomic E-state index is 11.0. The summed E-state index contributed by atoms with van der Waals surface area (Å²) in [5.74, 6) is 0.620. The molecule has 7 nitrogen and oxygen atoms in total. The van der Waals surface area contributed by atoms with Crippen LogP contribution in [0.25, 0.3) is 11.0 Å². The molecule has 1 fully saturated rings. The highest BCUT2D eigenvalue weighted by molar-refractivity contribution is 6.01. The normalized spacial score (nSPS) is 22.2. The third-order valence-corrected chi connectivity index (χ3v) is 3.52. The number of carbonyl (C=O) groups is 1. The molecular weight excluding hydrogens is 260 g/mol. The molecule has 0 radical (unpaired) electrons. The summed E-state index contributed by atoms with van der Waals surface area (Å²) in [6.07, 6.45) is 5.60. The molecule has 0 aliphatic carbocycles. The molecular formula is C13H16N4O3. The highest BCUT2D eigenvalue weighted by Gasteiger charge is 2.24. The highest BCUT2D eigenvalue weighted by Crippen LogP contribution is 2.24. The number of hydrogen-bond donors (Lipinski definition) is 3. The van der Waals surface area contributed by atoms with E-state index in [0.717, 1.165) is 19.1 Å². The number of rotatable bonds is 5. The van der Waals surface area contributed by atoms with Crippen molar-refractivity contribution in [2.75, 3.05) is 18.5 Å². The van der Waals surface area contributed by atoms with Gasteiger partial charge in [-0.15, -0.1) is 0 Å². The van der Waals surface area contributed by atoms with E-state index < -0.39 is 0 Å². The first-order valence-electron chi connectivity index (χ1n) is 6.59. The number of H-pyrrole nitrogens is 1.